The zero-order chi connectivity index (χ0) is 15.8. The third-order valence-corrected chi connectivity index (χ3v) is 6.28. The zero-order valence-corrected chi connectivity index (χ0v) is 14.4. The molecule has 3 saturated heterocycles. The van der Waals surface area contributed by atoms with Crippen LogP contribution in [0.5, 0.6) is 0 Å². The van der Waals surface area contributed by atoms with E-state index < -0.39 is 0 Å². The largest absolute Gasteiger partial charge is 0.352 e. The van der Waals surface area contributed by atoms with Gasteiger partial charge in [0.15, 0.2) is 0 Å². The number of hydrogen-bond donors (Lipinski definition) is 1. The molecule has 3 heterocycles. The van der Waals surface area contributed by atoms with Gasteiger partial charge in [-0.15, -0.1) is 0 Å². The molecule has 3 fully saturated rings. The normalized spacial score (nSPS) is 29.2. The number of piperidine rings is 3. The number of halogens is 1. The van der Waals surface area contributed by atoms with Gasteiger partial charge >= 0.3 is 0 Å². The number of amides is 1. The lowest BCUT2D eigenvalue weighted by atomic mass is 9.83. The maximum atomic E-state index is 12.6. The Morgan fingerprint density at radius 3 is 2.61 bits per heavy atom. The summed E-state index contributed by atoms with van der Waals surface area (Å²) in [5, 5.41) is 4.18. The molecule has 3 nitrogen and oxygen atoms in total. The van der Waals surface area contributed by atoms with Gasteiger partial charge in [0, 0.05) is 17.6 Å². The fourth-order valence-electron chi connectivity index (χ4n) is 4.62. The Morgan fingerprint density at radius 1 is 1.17 bits per heavy atom. The molecule has 5 rings (SSSR count). The first-order valence-corrected chi connectivity index (χ1v) is 9.39. The van der Waals surface area contributed by atoms with E-state index in [0.717, 1.165) is 24.4 Å². The number of rotatable bonds is 3. The number of hydrogen-bond acceptors (Lipinski definition) is 2. The highest BCUT2D eigenvalue weighted by molar-refractivity contribution is 6.31. The third kappa shape index (κ3) is 3.14. The van der Waals surface area contributed by atoms with E-state index >= 15 is 0 Å². The molecule has 124 valence electrons. The SMILES string of the molecule is O=C(Cc1ccc(Cl)c2c1CCCC2)N[C@@H]1CN2CCC1CC2. The lowest BCUT2D eigenvalue weighted by Gasteiger charge is -2.45. The van der Waals surface area contributed by atoms with E-state index in [4.69, 9.17) is 11.6 Å². The van der Waals surface area contributed by atoms with E-state index in [1.54, 1.807) is 0 Å². The van der Waals surface area contributed by atoms with Gasteiger partial charge in [-0.25, -0.2) is 0 Å². The van der Waals surface area contributed by atoms with Crippen molar-refractivity contribution in [1.29, 1.82) is 0 Å². The van der Waals surface area contributed by atoms with Crippen LogP contribution in [0.15, 0.2) is 12.1 Å². The van der Waals surface area contributed by atoms with Gasteiger partial charge in [-0.3, -0.25) is 4.79 Å². The molecule has 0 aromatic heterocycles. The van der Waals surface area contributed by atoms with Gasteiger partial charge in [0.2, 0.25) is 5.91 Å². The standard InChI is InChI=1S/C19H25ClN2O/c20-17-6-5-14(15-3-1-2-4-16(15)17)11-19(23)21-18-12-22-9-7-13(18)8-10-22/h5-6,13,18H,1-4,7-12H2,(H,21,23)/t18-/m1/s1. The number of nitrogens with one attached hydrogen (secondary N) is 1. The number of carbonyl (C=O) groups is 1. The van der Waals surface area contributed by atoms with Crippen molar-refractivity contribution in [1.82, 2.24) is 10.2 Å². The number of carbonyl (C=O) groups excluding carboxylic acids is 1. The molecule has 0 saturated carbocycles. The van der Waals surface area contributed by atoms with Crippen molar-refractivity contribution in [3.63, 3.8) is 0 Å². The molecule has 0 radical (unpaired) electrons. The Bertz CT molecular complexity index is 608. The lowest BCUT2D eigenvalue weighted by Crippen LogP contribution is -2.57. The fourth-order valence-corrected chi connectivity index (χ4v) is 4.89. The summed E-state index contributed by atoms with van der Waals surface area (Å²) in [7, 11) is 0. The molecule has 1 atom stereocenters. The van der Waals surface area contributed by atoms with E-state index in [0.29, 0.717) is 18.4 Å². The van der Waals surface area contributed by atoms with Crippen molar-refractivity contribution < 1.29 is 4.79 Å². The second-order valence-electron chi connectivity index (χ2n) is 7.36. The Morgan fingerprint density at radius 2 is 1.91 bits per heavy atom. The van der Waals surface area contributed by atoms with Crippen molar-refractivity contribution in [3.05, 3.63) is 33.8 Å². The molecule has 1 aromatic rings. The second-order valence-corrected chi connectivity index (χ2v) is 7.77. The molecule has 1 N–H and O–H groups in total. The van der Waals surface area contributed by atoms with Gasteiger partial charge in [-0.1, -0.05) is 17.7 Å². The van der Waals surface area contributed by atoms with Gasteiger partial charge in [0.05, 0.1) is 6.42 Å². The quantitative estimate of drug-likeness (QED) is 0.923. The molecule has 3 aliphatic heterocycles. The van der Waals surface area contributed by atoms with Gasteiger partial charge in [0.1, 0.15) is 0 Å². The lowest BCUT2D eigenvalue weighted by molar-refractivity contribution is -0.122. The number of fused-ring (bicyclic) bond motifs is 4. The third-order valence-electron chi connectivity index (χ3n) is 5.93. The van der Waals surface area contributed by atoms with E-state index in [-0.39, 0.29) is 5.91 Å². The highest BCUT2D eigenvalue weighted by Crippen LogP contribution is 2.31. The highest BCUT2D eigenvalue weighted by Gasteiger charge is 2.34. The van der Waals surface area contributed by atoms with Crippen LogP contribution in [0.25, 0.3) is 0 Å². The van der Waals surface area contributed by atoms with Crippen LogP contribution >= 0.6 is 11.6 Å². The monoisotopic (exact) mass is 332 g/mol. The van der Waals surface area contributed by atoms with Crippen LogP contribution in [0, 0.1) is 5.92 Å². The summed E-state index contributed by atoms with van der Waals surface area (Å²) < 4.78 is 0. The first-order valence-electron chi connectivity index (χ1n) is 9.01. The summed E-state index contributed by atoms with van der Waals surface area (Å²) in [6.45, 7) is 3.46. The Hall–Kier alpha value is -1.06. The van der Waals surface area contributed by atoms with Crippen LogP contribution in [0.4, 0.5) is 0 Å². The molecule has 23 heavy (non-hydrogen) atoms. The predicted octanol–water partition coefficient (Wildman–Crippen LogP) is 2.97. The van der Waals surface area contributed by atoms with E-state index in [2.05, 4.69) is 16.3 Å². The minimum atomic E-state index is 0.179. The Balaban J connectivity index is 1.45. The smallest absolute Gasteiger partial charge is 0.224 e. The van der Waals surface area contributed by atoms with E-state index in [1.807, 2.05) is 6.07 Å². The number of nitrogens with zero attached hydrogens (tertiary/aromatic N) is 1. The van der Waals surface area contributed by atoms with Gasteiger partial charge in [0.25, 0.3) is 0 Å². The van der Waals surface area contributed by atoms with Crippen LogP contribution in [0.2, 0.25) is 5.02 Å². The van der Waals surface area contributed by atoms with Gasteiger partial charge < -0.3 is 10.2 Å². The van der Waals surface area contributed by atoms with Crippen molar-refractivity contribution >= 4 is 17.5 Å². The maximum absolute atomic E-state index is 12.6. The predicted molar refractivity (Wildman–Crippen MR) is 92.9 cm³/mol. The summed E-state index contributed by atoms with van der Waals surface area (Å²) in [4.78, 5) is 15.0. The average molecular weight is 333 g/mol. The average Bonchev–Trinajstić information content (AvgIpc) is 2.59. The highest BCUT2D eigenvalue weighted by atomic mass is 35.5. The first kappa shape index (κ1) is 15.5. The molecule has 4 aliphatic rings. The van der Waals surface area contributed by atoms with Crippen LogP contribution in [-0.2, 0) is 24.1 Å². The molecular formula is C19H25ClN2O. The summed E-state index contributed by atoms with van der Waals surface area (Å²) in [6.07, 6.45) is 7.52. The summed E-state index contributed by atoms with van der Waals surface area (Å²) >= 11 is 6.34. The van der Waals surface area contributed by atoms with E-state index in [1.165, 1.54) is 55.5 Å². The van der Waals surface area contributed by atoms with Gasteiger partial charge in [-0.2, -0.15) is 0 Å². The Labute approximate surface area is 143 Å². The fraction of sp³-hybridized carbons (Fsp3) is 0.632. The van der Waals surface area contributed by atoms with E-state index in [9.17, 15) is 4.79 Å². The molecule has 1 aliphatic carbocycles. The summed E-state index contributed by atoms with van der Waals surface area (Å²) in [5.41, 5.74) is 3.81. The summed E-state index contributed by atoms with van der Waals surface area (Å²) in [5.74, 6) is 0.863. The molecule has 1 amide bonds. The first-order chi connectivity index (χ1) is 11.2. The van der Waals surface area contributed by atoms with Crippen LogP contribution in [-0.4, -0.2) is 36.5 Å². The molecule has 1 aromatic carbocycles. The number of benzene rings is 1. The van der Waals surface area contributed by atoms with Gasteiger partial charge in [-0.05, 0) is 80.3 Å². The minimum Gasteiger partial charge on any atom is -0.352 e. The minimum absolute atomic E-state index is 0.179. The van der Waals surface area contributed by atoms with Crippen molar-refractivity contribution in [2.75, 3.05) is 19.6 Å². The van der Waals surface area contributed by atoms with Crippen LogP contribution in [0.1, 0.15) is 42.4 Å². The maximum Gasteiger partial charge on any atom is 0.224 e. The summed E-state index contributed by atoms with van der Waals surface area (Å²) in [6, 6.07) is 4.39. The zero-order valence-electron chi connectivity index (χ0n) is 13.6. The molecule has 0 spiro atoms. The topological polar surface area (TPSA) is 32.3 Å². The van der Waals surface area contributed by atoms with Crippen molar-refractivity contribution in [3.8, 4) is 0 Å². The Kier molecular flexibility index (Phi) is 4.33. The van der Waals surface area contributed by atoms with Crippen LogP contribution in [0.3, 0.4) is 0 Å². The second kappa shape index (κ2) is 6.45. The van der Waals surface area contributed by atoms with Crippen LogP contribution < -0.4 is 5.32 Å². The molecule has 2 bridgehead atoms. The van der Waals surface area contributed by atoms with Crippen molar-refractivity contribution in [2.45, 2.75) is 51.0 Å². The molecule has 4 heteroatoms. The molecular weight excluding hydrogens is 308 g/mol. The molecule has 0 unspecified atom stereocenters. The van der Waals surface area contributed by atoms with Crippen molar-refractivity contribution in [2.24, 2.45) is 5.92 Å².